The summed E-state index contributed by atoms with van der Waals surface area (Å²) >= 11 is 0. The minimum Gasteiger partial charge on any atom is -0.289 e. The maximum Gasteiger partial charge on any atom is 0.129 e. The first-order valence-corrected chi connectivity index (χ1v) is 7.84. The Morgan fingerprint density at radius 3 is 1.83 bits per heavy atom. The van der Waals surface area contributed by atoms with Crippen molar-refractivity contribution in [2.24, 2.45) is 0 Å². The van der Waals surface area contributed by atoms with Crippen LogP contribution in [0.15, 0.2) is 84.9 Å². The number of nitriles is 1. The van der Waals surface area contributed by atoms with E-state index in [0.717, 1.165) is 16.7 Å². The van der Waals surface area contributed by atoms with Gasteiger partial charge in [0.25, 0.3) is 0 Å². The molecule has 0 radical (unpaired) electrons. The Morgan fingerprint density at radius 1 is 0.792 bits per heavy atom. The summed E-state index contributed by atoms with van der Waals surface area (Å²) in [6.45, 7) is 0.571. The number of hydrogen-bond acceptors (Lipinski definition) is 3. The van der Waals surface area contributed by atoms with Gasteiger partial charge in [-0.2, -0.15) is 10.7 Å². The van der Waals surface area contributed by atoms with E-state index < -0.39 is 0 Å². The highest BCUT2D eigenvalue weighted by Gasteiger charge is 2.14. The van der Waals surface area contributed by atoms with Crippen LogP contribution in [0.5, 0.6) is 0 Å². The monoisotopic (exact) mass is 314 g/mol. The molecule has 0 heterocycles. The molecule has 24 heavy (non-hydrogen) atoms. The molecule has 0 unspecified atom stereocenters. The smallest absolute Gasteiger partial charge is 0.129 e. The average Bonchev–Trinajstić information content (AvgIpc) is 2.67. The van der Waals surface area contributed by atoms with E-state index in [1.807, 2.05) is 60.7 Å². The summed E-state index contributed by atoms with van der Waals surface area (Å²) in [6.07, 6.45) is -0.175. The van der Waals surface area contributed by atoms with Gasteiger partial charge in [-0.3, -0.25) is 4.84 Å². The number of benzene rings is 3. The summed E-state index contributed by atoms with van der Waals surface area (Å²) in [6, 6.07) is 29.8. The molecule has 3 aromatic rings. The zero-order valence-electron chi connectivity index (χ0n) is 13.2. The molecule has 0 aliphatic heterocycles. The second kappa shape index (κ2) is 8.07. The van der Waals surface area contributed by atoms with E-state index in [1.165, 1.54) is 0 Å². The number of nitrogens with zero attached hydrogens (tertiary/aromatic N) is 1. The normalized spacial score (nSPS) is 10.5. The molecule has 0 aromatic heterocycles. The van der Waals surface area contributed by atoms with E-state index in [-0.39, 0.29) is 6.10 Å². The first-order valence-electron chi connectivity index (χ1n) is 7.84. The van der Waals surface area contributed by atoms with Crippen molar-refractivity contribution in [3.8, 4) is 6.07 Å². The quantitative estimate of drug-likeness (QED) is 0.687. The van der Waals surface area contributed by atoms with Crippen LogP contribution in [-0.4, -0.2) is 0 Å². The van der Waals surface area contributed by atoms with Crippen molar-refractivity contribution in [2.75, 3.05) is 0 Å². The van der Waals surface area contributed by atoms with E-state index in [4.69, 9.17) is 10.1 Å². The third-order valence-corrected chi connectivity index (χ3v) is 3.77. The van der Waals surface area contributed by atoms with Crippen molar-refractivity contribution in [3.05, 3.63) is 107 Å². The molecule has 0 saturated heterocycles. The molecule has 0 amide bonds. The molecule has 0 fully saturated rings. The van der Waals surface area contributed by atoms with Crippen molar-refractivity contribution in [1.82, 2.24) is 5.48 Å². The lowest BCUT2D eigenvalue weighted by atomic mass is 10.0. The summed E-state index contributed by atoms with van der Waals surface area (Å²) in [7, 11) is 0. The number of hydroxylamine groups is 1. The van der Waals surface area contributed by atoms with Crippen molar-refractivity contribution in [1.29, 1.82) is 5.26 Å². The van der Waals surface area contributed by atoms with Crippen molar-refractivity contribution in [3.63, 3.8) is 0 Å². The highest BCUT2D eigenvalue weighted by molar-refractivity contribution is 5.32. The fourth-order valence-corrected chi connectivity index (χ4v) is 2.49. The molecule has 3 rings (SSSR count). The van der Waals surface area contributed by atoms with Crippen molar-refractivity contribution < 1.29 is 4.84 Å². The number of rotatable bonds is 6. The van der Waals surface area contributed by atoms with Gasteiger partial charge in [-0.1, -0.05) is 72.8 Å². The molecule has 3 heteroatoms. The van der Waals surface area contributed by atoms with Crippen LogP contribution in [0.3, 0.4) is 0 Å². The zero-order chi connectivity index (χ0) is 16.6. The van der Waals surface area contributed by atoms with Gasteiger partial charge in [0.15, 0.2) is 0 Å². The van der Waals surface area contributed by atoms with E-state index in [1.54, 1.807) is 0 Å². The SMILES string of the molecule is N#Cc1ccc(CNOC(c2ccccc2)c2ccccc2)cc1. The molecular formula is C21H18N2O. The third-order valence-electron chi connectivity index (χ3n) is 3.77. The molecule has 0 spiro atoms. The van der Waals surface area contributed by atoms with E-state index in [0.29, 0.717) is 12.1 Å². The molecule has 0 bridgehead atoms. The molecule has 1 N–H and O–H groups in total. The van der Waals surface area contributed by atoms with Crippen LogP contribution >= 0.6 is 0 Å². The van der Waals surface area contributed by atoms with Gasteiger partial charge < -0.3 is 0 Å². The number of hydrogen-bond donors (Lipinski definition) is 1. The Balaban J connectivity index is 1.69. The fraction of sp³-hybridized carbons (Fsp3) is 0.0952. The molecule has 0 atom stereocenters. The minimum absolute atomic E-state index is 0.175. The standard InChI is InChI=1S/C21H18N2O/c22-15-17-11-13-18(14-12-17)16-23-24-21(19-7-3-1-4-8-19)20-9-5-2-6-10-20/h1-14,21,23H,16H2. The van der Waals surface area contributed by atoms with Gasteiger partial charge in [0.2, 0.25) is 0 Å². The lowest BCUT2D eigenvalue weighted by Crippen LogP contribution is -2.19. The molecule has 0 aliphatic rings. The van der Waals surface area contributed by atoms with Gasteiger partial charge in [-0.25, -0.2) is 0 Å². The Kier molecular flexibility index (Phi) is 5.36. The first-order chi connectivity index (χ1) is 11.9. The Morgan fingerprint density at radius 2 is 1.33 bits per heavy atom. The van der Waals surface area contributed by atoms with Gasteiger partial charge in [0, 0.05) is 6.54 Å². The van der Waals surface area contributed by atoms with Crippen LogP contribution in [0.25, 0.3) is 0 Å². The maximum atomic E-state index is 8.84. The van der Waals surface area contributed by atoms with Crippen molar-refractivity contribution in [2.45, 2.75) is 12.6 Å². The summed E-state index contributed by atoms with van der Waals surface area (Å²) < 4.78 is 0. The third kappa shape index (κ3) is 4.08. The Labute approximate surface area is 142 Å². The largest absolute Gasteiger partial charge is 0.289 e. The predicted octanol–water partition coefficient (Wildman–Crippen LogP) is 4.37. The predicted molar refractivity (Wildman–Crippen MR) is 93.8 cm³/mol. The topological polar surface area (TPSA) is 45.0 Å². The average molecular weight is 314 g/mol. The van der Waals surface area contributed by atoms with Crippen LogP contribution in [0, 0.1) is 11.3 Å². The Bertz CT molecular complexity index is 753. The summed E-state index contributed by atoms with van der Waals surface area (Å²) in [5.74, 6) is 0. The molecular weight excluding hydrogens is 296 g/mol. The highest BCUT2D eigenvalue weighted by atomic mass is 16.7. The molecule has 3 aromatic carbocycles. The van der Waals surface area contributed by atoms with Gasteiger partial charge >= 0.3 is 0 Å². The number of nitrogens with one attached hydrogen (secondary N) is 1. The summed E-state index contributed by atoms with van der Waals surface area (Å²) in [5.41, 5.74) is 6.96. The van der Waals surface area contributed by atoms with E-state index >= 15 is 0 Å². The second-order valence-electron chi connectivity index (χ2n) is 5.45. The van der Waals surface area contributed by atoms with Crippen LogP contribution in [0.1, 0.15) is 28.4 Å². The first kappa shape index (κ1) is 15.9. The minimum atomic E-state index is -0.175. The lowest BCUT2D eigenvalue weighted by Gasteiger charge is -2.19. The molecule has 0 saturated carbocycles. The zero-order valence-corrected chi connectivity index (χ0v) is 13.2. The van der Waals surface area contributed by atoms with E-state index in [9.17, 15) is 0 Å². The maximum absolute atomic E-state index is 8.84. The Hall–Kier alpha value is -2.93. The lowest BCUT2D eigenvalue weighted by molar-refractivity contribution is -0.00886. The summed E-state index contributed by atoms with van der Waals surface area (Å²) in [5, 5.41) is 8.84. The van der Waals surface area contributed by atoms with E-state index in [2.05, 4.69) is 35.8 Å². The molecule has 3 nitrogen and oxygen atoms in total. The van der Waals surface area contributed by atoms with Gasteiger partial charge in [-0.05, 0) is 28.8 Å². The van der Waals surface area contributed by atoms with Crippen LogP contribution < -0.4 is 5.48 Å². The molecule has 0 aliphatic carbocycles. The van der Waals surface area contributed by atoms with Gasteiger partial charge in [0.1, 0.15) is 6.10 Å². The molecule has 118 valence electrons. The highest BCUT2D eigenvalue weighted by Crippen LogP contribution is 2.24. The fourth-order valence-electron chi connectivity index (χ4n) is 2.49. The van der Waals surface area contributed by atoms with Gasteiger partial charge in [-0.15, -0.1) is 0 Å². The second-order valence-corrected chi connectivity index (χ2v) is 5.45. The van der Waals surface area contributed by atoms with Crippen LogP contribution in [-0.2, 0) is 11.4 Å². The van der Waals surface area contributed by atoms with Crippen molar-refractivity contribution >= 4 is 0 Å². The van der Waals surface area contributed by atoms with Gasteiger partial charge in [0.05, 0.1) is 11.6 Å². The van der Waals surface area contributed by atoms with Crippen LogP contribution in [0.2, 0.25) is 0 Å². The summed E-state index contributed by atoms with van der Waals surface area (Å²) in [4.78, 5) is 5.96. The van der Waals surface area contributed by atoms with Crippen LogP contribution in [0.4, 0.5) is 0 Å².